The first-order valence-electron chi connectivity index (χ1n) is 6.75. The summed E-state index contributed by atoms with van der Waals surface area (Å²) >= 11 is 3.11. The molecule has 2 amide bonds. The van der Waals surface area contributed by atoms with Crippen molar-refractivity contribution in [1.29, 1.82) is 0 Å². The van der Waals surface area contributed by atoms with Crippen LogP contribution in [-0.2, 0) is 14.3 Å². The molecule has 0 atom stereocenters. The van der Waals surface area contributed by atoms with Gasteiger partial charge in [0.1, 0.15) is 11.3 Å². The van der Waals surface area contributed by atoms with Crippen LogP contribution in [0, 0.1) is 0 Å². The van der Waals surface area contributed by atoms with E-state index in [9.17, 15) is 19.5 Å². The minimum Gasteiger partial charge on any atom is -0.507 e. The van der Waals surface area contributed by atoms with E-state index < -0.39 is 11.9 Å². The maximum Gasteiger partial charge on any atom is 0.341 e. The zero-order chi connectivity index (χ0) is 17.0. The molecule has 0 aliphatic carbocycles. The molecule has 1 aliphatic heterocycles. The van der Waals surface area contributed by atoms with Gasteiger partial charge in [0.05, 0.1) is 11.6 Å². The Hall–Kier alpha value is -2.41. The molecule has 0 aromatic heterocycles. The summed E-state index contributed by atoms with van der Waals surface area (Å²) in [5.41, 5.74) is 0.525. The summed E-state index contributed by atoms with van der Waals surface area (Å²) in [5, 5.41) is 9.63. The Balaban J connectivity index is 2.17. The fraction of sp³-hybridized carbons (Fsp3) is 0.188. The topological polar surface area (TPSA) is 83.9 Å². The number of ether oxygens (including phenoxy) is 1. The number of halogens is 1. The van der Waals surface area contributed by atoms with E-state index in [0.29, 0.717) is 23.0 Å². The number of phenolic OH excluding ortho intramolecular Hbond substituents is 1. The molecule has 0 radical (unpaired) electrons. The SMILES string of the molecule is COC(=O)c1cc(C=CC(=O)N2CCC=C(Br)C2=O)ccc1O. The number of hydrogen-bond donors (Lipinski definition) is 1. The molecule has 0 saturated carbocycles. The smallest absolute Gasteiger partial charge is 0.341 e. The van der Waals surface area contributed by atoms with Crippen molar-refractivity contribution in [2.75, 3.05) is 13.7 Å². The molecule has 2 rings (SSSR count). The zero-order valence-corrected chi connectivity index (χ0v) is 13.9. The fourth-order valence-electron chi connectivity index (χ4n) is 2.04. The summed E-state index contributed by atoms with van der Waals surface area (Å²) in [4.78, 5) is 36.6. The summed E-state index contributed by atoms with van der Waals surface area (Å²) in [6, 6.07) is 4.28. The van der Waals surface area contributed by atoms with Crippen molar-refractivity contribution in [1.82, 2.24) is 4.90 Å². The number of aromatic hydroxyl groups is 1. The van der Waals surface area contributed by atoms with Crippen LogP contribution >= 0.6 is 15.9 Å². The number of methoxy groups -OCH3 is 1. The zero-order valence-electron chi connectivity index (χ0n) is 12.3. The maximum absolute atomic E-state index is 12.1. The van der Waals surface area contributed by atoms with Crippen LogP contribution in [0.1, 0.15) is 22.3 Å². The third kappa shape index (κ3) is 3.87. The second-order valence-electron chi connectivity index (χ2n) is 4.74. The predicted molar refractivity (Wildman–Crippen MR) is 86.8 cm³/mol. The van der Waals surface area contributed by atoms with Gasteiger partial charge in [0.25, 0.3) is 11.8 Å². The Labute approximate surface area is 141 Å². The highest BCUT2D eigenvalue weighted by molar-refractivity contribution is 9.12. The van der Waals surface area contributed by atoms with Crippen LogP contribution in [0.5, 0.6) is 5.75 Å². The molecule has 120 valence electrons. The number of amides is 2. The standard InChI is InChI=1S/C16H14BrNO5/c1-23-16(22)11-9-10(4-6-13(11)19)5-7-14(20)18-8-2-3-12(17)15(18)21/h3-7,9,19H,2,8H2,1H3. The lowest BCUT2D eigenvalue weighted by atomic mass is 10.1. The predicted octanol–water partition coefficient (Wildman–Crippen LogP) is 2.23. The summed E-state index contributed by atoms with van der Waals surface area (Å²) in [6.07, 6.45) is 5.03. The highest BCUT2D eigenvalue weighted by Crippen LogP contribution is 2.21. The maximum atomic E-state index is 12.1. The van der Waals surface area contributed by atoms with Crippen molar-refractivity contribution in [2.24, 2.45) is 0 Å². The average Bonchev–Trinajstić information content (AvgIpc) is 2.55. The van der Waals surface area contributed by atoms with Crippen LogP contribution in [0.4, 0.5) is 0 Å². The normalized spacial score (nSPS) is 14.8. The number of carbonyl (C=O) groups excluding carboxylic acids is 3. The molecule has 1 aliphatic rings. The van der Waals surface area contributed by atoms with Crippen molar-refractivity contribution in [3.05, 3.63) is 46.0 Å². The third-order valence-corrected chi connectivity index (χ3v) is 3.90. The number of benzene rings is 1. The molecule has 0 spiro atoms. The van der Waals surface area contributed by atoms with Crippen LogP contribution in [0.25, 0.3) is 6.08 Å². The van der Waals surface area contributed by atoms with E-state index in [4.69, 9.17) is 0 Å². The number of nitrogens with zero attached hydrogens (tertiary/aromatic N) is 1. The molecule has 7 heteroatoms. The molecule has 0 unspecified atom stereocenters. The molecule has 0 saturated heterocycles. The van der Waals surface area contributed by atoms with Gasteiger partial charge >= 0.3 is 5.97 Å². The second kappa shape index (κ2) is 7.23. The van der Waals surface area contributed by atoms with Gasteiger partial charge in [0.15, 0.2) is 0 Å². The van der Waals surface area contributed by atoms with E-state index in [-0.39, 0.29) is 17.2 Å². The molecule has 23 heavy (non-hydrogen) atoms. The van der Waals surface area contributed by atoms with E-state index in [2.05, 4.69) is 20.7 Å². The third-order valence-electron chi connectivity index (χ3n) is 3.24. The van der Waals surface area contributed by atoms with Gasteiger partial charge in [-0.25, -0.2) is 4.79 Å². The first-order chi connectivity index (χ1) is 10.9. The summed E-state index contributed by atoms with van der Waals surface area (Å²) < 4.78 is 4.93. The van der Waals surface area contributed by atoms with Crippen molar-refractivity contribution in [2.45, 2.75) is 6.42 Å². The van der Waals surface area contributed by atoms with E-state index in [1.54, 1.807) is 12.1 Å². The van der Waals surface area contributed by atoms with E-state index >= 15 is 0 Å². The minimum atomic E-state index is -0.677. The first-order valence-corrected chi connectivity index (χ1v) is 7.54. The highest BCUT2D eigenvalue weighted by Gasteiger charge is 2.24. The van der Waals surface area contributed by atoms with Gasteiger partial charge in [-0.15, -0.1) is 0 Å². The molecule has 6 nitrogen and oxygen atoms in total. The Bertz CT molecular complexity index is 723. The van der Waals surface area contributed by atoms with Gasteiger partial charge in [-0.2, -0.15) is 0 Å². The summed E-state index contributed by atoms with van der Waals surface area (Å²) in [7, 11) is 1.21. The van der Waals surface area contributed by atoms with Gasteiger partial charge in [-0.05, 0) is 46.1 Å². The van der Waals surface area contributed by atoms with Crippen LogP contribution in [0.15, 0.2) is 34.8 Å². The van der Waals surface area contributed by atoms with Crippen molar-refractivity contribution in [3.63, 3.8) is 0 Å². The molecular weight excluding hydrogens is 366 g/mol. The number of rotatable bonds is 3. The number of hydrogen-bond acceptors (Lipinski definition) is 5. The van der Waals surface area contributed by atoms with Crippen LogP contribution in [0.3, 0.4) is 0 Å². The van der Waals surface area contributed by atoms with E-state index in [1.807, 2.05) is 0 Å². The Morgan fingerprint density at radius 2 is 2.13 bits per heavy atom. The number of carbonyl (C=O) groups is 3. The quantitative estimate of drug-likeness (QED) is 0.642. The minimum absolute atomic E-state index is 0.00169. The van der Waals surface area contributed by atoms with Gasteiger partial charge < -0.3 is 9.84 Å². The molecule has 1 N–H and O–H groups in total. The monoisotopic (exact) mass is 379 g/mol. The lowest BCUT2D eigenvalue weighted by Crippen LogP contribution is -2.38. The van der Waals surface area contributed by atoms with Crippen molar-refractivity contribution < 1.29 is 24.2 Å². The van der Waals surface area contributed by atoms with Gasteiger partial charge in [-0.3, -0.25) is 14.5 Å². The van der Waals surface area contributed by atoms with Gasteiger partial charge in [0.2, 0.25) is 0 Å². The second-order valence-corrected chi connectivity index (χ2v) is 5.59. The van der Waals surface area contributed by atoms with Gasteiger partial charge in [0, 0.05) is 12.6 Å². The van der Waals surface area contributed by atoms with E-state index in [0.717, 1.165) is 4.90 Å². The van der Waals surface area contributed by atoms with Crippen LogP contribution in [-0.4, -0.2) is 41.4 Å². The number of esters is 1. The molecule has 1 aromatic rings. The lowest BCUT2D eigenvalue weighted by molar-refractivity contribution is -0.139. The fourth-order valence-corrected chi connectivity index (χ4v) is 2.48. The van der Waals surface area contributed by atoms with Gasteiger partial charge in [-0.1, -0.05) is 12.1 Å². The first kappa shape index (κ1) is 17.0. The Morgan fingerprint density at radius 1 is 1.39 bits per heavy atom. The molecule has 0 bridgehead atoms. The summed E-state index contributed by atoms with van der Waals surface area (Å²) in [5.74, 6) is -1.72. The molecule has 1 aromatic carbocycles. The molecule has 1 heterocycles. The number of imide groups is 1. The summed E-state index contributed by atoms with van der Waals surface area (Å²) in [6.45, 7) is 0.320. The van der Waals surface area contributed by atoms with Crippen molar-refractivity contribution in [3.8, 4) is 5.75 Å². The number of phenols is 1. The average molecular weight is 380 g/mol. The Kier molecular flexibility index (Phi) is 5.33. The lowest BCUT2D eigenvalue weighted by Gasteiger charge is -2.21. The van der Waals surface area contributed by atoms with E-state index in [1.165, 1.54) is 31.4 Å². The largest absolute Gasteiger partial charge is 0.507 e. The molecule has 0 fully saturated rings. The Morgan fingerprint density at radius 3 is 2.83 bits per heavy atom. The highest BCUT2D eigenvalue weighted by atomic mass is 79.9. The van der Waals surface area contributed by atoms with Crippen molar-refractivity contribution >= 4 is 39.8 Å². The van der Waals surface area contributed by atoms with Crippen LogP contribution in [0.2, 0.25) is 0 Å². The van der Waals surface area contributed by atoms with Crippen LogP contribution < -0.4 is 0 Å². The molecular formula is C16H14BrNO5.